The lowest BCUT2D eigenvalue weighted by Crippen LogP contribution is -2.30. The number of para-hydroxylation sites is 1. The monoisotopic (exact) mass is 488 g/mol. The van der Waals surface area contributed by atoms with Gasteiger partial charge in [-0.1, -0.05) is 41.9 Å². The number of hydrazone groups is 1. The molecular weight excluding hydrogens is 464 g/mol. The third-order valence-electron chi connectivity index (χ3n) is 5.54. The van der Waals surface area contributed by atoms with E-state index in [2.05, 4.69) is 20.8 Å². The zero-order valence-corrected chi connectivity index (χ0v) is 20.3. The molecule has 4 rings (SSSR count). The van der Waals surface area contributed by atoms with E-state index in [4.69, 9.17) is 16.3 Å². The normalized spacial score (nSPS) is 12.3. The van der Waals surface area contributed by atoms with Gasteiger partial charge in [0.15, 0.2) is 6.10 Å². The second kappa shape index (κ2) is 10.4. The van der Waals surface area contributed by atoms with Crippen LogP contribution in [0, 0.1) is 6.92 Å². The highest BCUT2D eigenvalue weighted by molar-refractivity contribution is 6.30. The Morgan fingerprint density at radius 2 is 1.80 bits per heavy atom. The van der Waals surface area contributed by atoms with Crippen molar-refractivity contribution in [2.45, 2.75) is 26.9 Å². The van der Waals surface area contributed by atoms with E-state index in [1.165, 1.54) is 0 Å². The molecule has 0 aliphatic rings. The maximum absolute atomic E-state index is 12.6. The average molecular weight is 489 g/mol. The fourth-order valence-corrected chi connectivity index (χ4v) is 3.77. The van der Waals surface area contributed by atoms with Crippen molar-refractivity contribution in [3.8, 4) is 5.75 Å². The highest BCUT2D eigenvalue weighted by Gasteiger charge is 2.16. The summed E-state index contributed by atoms with van der Waals surface area (Å²) in [5.74, 6) is 0.0352. The largest absolute Gasteiger partial charge is 0.481 e. The minimum atomic E-state index is -0.697. The molecule has 0 unspecified atom stereocenters. The number of anilines is 1. The van der Waals surface area contributed by atoms with Crippen molar-refractivity contribution in [3.63, 3.8) is 0 Å². The van der Waals surface area contributed by atoms with Gasteiger partial charge in [-0.15, -0.1) is 0 Å². The molecule has 7 nitrogen and oxygen atoms in total. The molecule has 1 atom stereocenters. The fourth-order valence-electron chi connectivity index (χ4n) is 3.55. The number of rotatable bonds is 7. The third kappa shape index (κ3) is 5.70. The van der Waals surface area contributed by atoms with E-state index < -0.39 is 6.10 Å². The number of hydrogen-bond acceptors (Lipinski definition) is 4. The summed E-state index contributed by atoms with van der Waals surface area (Å²) in [6.07, 6.45) is 0.971. The summed E-state index contributed by atoms with van der Waals surface area (Å²) in [4.78, 5) is 28.2. The molecular formula is C27H25ClN4O3. The van der Waals surface area contributed by atoms with Crippen molar-refractivity contribution in [2.75, 3.05) is 5.32 Å². The van der Waals surface area contributed by atoms with Gasteiger partial charge in [0, 0.05) is 27.8 Å². The third-order valence-corrected chi connectivity index (χ3v) is 5.77. The van der Waals surface area contributed by atoms with Gasteiger partial charge in [-0.25, -0.2) is 5.43 Å². The number of aromatic amines is 1. The molecule has 0 spiro atoms. The van der Waals surface area contributed by atoms with Gasteiger partial charge >= 0.3 is 0 Å². The van der Waals surface area contributed by atoms with Gasteiger partial charge < -0.3 is 15.0 Å². The molecule has 0 fully saturated rings. The Labute approximate surface area is 208 Å². The predicted octanol–water partition coefficient (Wildman–Crippen LogP) is 5.69. The maximum atomic E-state index is 12.6. The van der Waals surface area contributed by atoms with E-state index in [1.54, 1.807) is 50.4 Å². The number of nitrogens with zero attached hydrogens (tertiary/aromatic N) is 1. The standard InChI is InChI=1S/C27H25ClN4O3/c1-16-14-20(28)10-13-25(16)35-18(3)26(33)30-21-11-8-19(9-12-21)17(2)31-32-27(34)23-15-29-24-7-5-4-6-22(23)24/h4-15,18,29H,1-3H3,(H,30,33)(H,32,34)/b31-17-/t18-/m0/s1. The number of hydrogen-bond donors (Lipinski definition) is 3. The van der Waals surface area contributed by atoms with Crippen LogP contribution in [0.4, 0.5) is 5.69 Å². The first kappa shape index (κ1) is 24.0. The maximum Gasteiger partial charge on any atom is 0.273 e. The van der Waals surface area contributed by atoms with Crippen LogP contribution in [0.3, 0.4) is 0 Å². The molecule has 0 aliphatic carbocycles. The molecule has 0 aliphatic heterocycles. The van der Waals surface area contributed by atoms with Gasteiger partial charge in [0.25, 0.3) is 11.8 Å². The van der Waals surface area contributed by atoms with Crippen molar-refractivity contribution in [2.24, 2.45) is 5.10 Å². The van der Waals surface area contributed by atoms with Gasteiger partial charge in [0.2, 0.25) is 0 Å². The topological polar surface area (TPSA) is 95.6 Å². The number of aryl methyl sites for hydroxylation is 1. The Kier molecular flexibility index (Phi) is 7.17. The van der Waals surface area contributed by atoms with E-state index in [9.17, 15) is 9.59 Å². The zero-order chi connectivity index (χ0) is 24.9. The van der Waals surface area contributed by atoms with E-state index in [1.807, 2.05) is 43.3 Å². The molecule has 35 heavy (non-hydrogen) atoms. The van der Waals surface area contributed by atoms with Gasteiger partial charge in [0.05, 0.1) is 11.3 Å². The molecule has 1 aromatic heterocycles. The van der Waals surface area contributed by atoms with E-state index in [0.717, 1.165) is 22.0 Å². The minimum absolute atomic E-state index is 0.275. The number of aromatic nitrogens is 1. The average Bonchev–Trinajstić information content (AvgIpc) is 3.29. The van der Waals surface area contributed by atoms with E-state index in [0.29, 0.717) is 27.7 Å². The number of carbonyl (C=O) groups excluding carboxylic acids is 2. The molecule has 0 bridgehead atoms. The lowest BCUT2D eigenvalue weighted by Gasteiger charge is -2.16. The number of halogens is 1. The lowest BCUT2D eigenvalue weighted by molar-refractivity contribution is -0.122. The SMILES string of the molecule is C/C(=N/NC(=O)c1c[nH]c2ccccc12)c1ccc(NC(=O)[C@H](C)Oc2ccc(Cl)cc2C)cc1. The number of nitrogens with one attached hydrogen (secondary N) is 3. The number of carbonyl (C=O) groups is 2. The summed E-state index contributed by atoms with van der Waals surface area (Å²) in [6, 6.07) is 20.0. The number of amides is 2. The summed E-state index contributed by atoms with van der Waals surface area (Å²) < 4.78 is 5.78. The van der Waals surface area contributed by atoms with Gasteiger partial charge in [-0.05, 0) is 68.3 Å². The molecule has 2 amide bonds. The number of H-pyrrole nitrogens is 1. The second-order valence-electron chi connectivity index (χ2n) is 8.12. The van der Waals surface area contributed by atoms with Crippen molar-refractivity contribution in [1.82, 2.24) is 10.4 Å². The molecule has 0 saturated heterocycles. The van der Waals surface area contributed by atoms with Crippen LogP contribution in [0.1, 0.15) is 35.3 Å². The van der Waals surface area contributed by atoms with Gasteiger partial charge in [0.1, 0.15) is 5.75 Å². The van der Waals surface area contributed by atoms with Crippen LogP contribution in [0.25, 0.3) is 10.9 Å². The number of ether oxygens (including phenoxy) is 1. The lowest BCUT2D eigenvalue weighted by atomic mass is 10.1. The highest BCUT2D eigenvalue weighted by atomic mass is 35.5. The Bertz CT molecular complexity index is 1410. The van der Waals surface area contributed by atoms with Gasteiger partial charge in [-0.3, -0.25) is 9.59 Å². The van der Waals surface area contributed by atoms with E-state index >= 15 is 0 Å². The minimum Gasteiger partial charge on any atom is -0.481 e. The first-order chi connectivity index (χ1) is 16.8. The molecule has 0 saturated carbocycles. The summed E-state index contributed by atoms with van der Waals surface area (Å²) >= 11 is 5.97. The smallest absolute Gasteiger partial charge is 0.273 e. The van der Waals surface area contributed by atoms with Crippen LogP contribution < -0.4 is 15.5 Å². The summed E-state index contributed by atoms with van der Waals surface area (Å²) in [5.41, 5.74) is 6.94. The van der Waals surface area contributed by atoms with Crippen LogP contribution >= 0.6 is 11.6 Å². The molecule has 0 radical (unpaired) electrons. The van der Waals surface area contributed by atoms with Gasteiger partial charge in [-0.2, -0.15) is 5.10 Å². The molecule has 4 aromatic rings. The van der Waals surface area contributed by atoms with E-state index in [-0.39, 0.29) is 11.8 Å². The van der Waals surface area contributed by atoms with Crippen LogP contribution in [0.15, 0.2) is 78.0 Å². The van der Waals surface area contributed by atoms with Crippen molar-refractivity contribution >= 4 is 45.7 Å². The Balaban J connectivity index is 1.35. The van der Waals surface area contributed by atoms with Crippen LogP contribution in [-0.2, 0) is 4.79 Å². The van der Waals surface area contributed by atoms with Crippen LogP contribution in [0.5, 0.6) is 5.75 Å². The highest BCUT2D eigenvalue weighted by Crippen LogP contribution is 2.23. The second-order valence-corrected chi connectivity index (χ2v) is 8.56. The van der Waals surface area contributed by atoms with Crippen LogP contribution in [0.2, 0.25) is 5.02 Å². The predicted molar refractivity (Wildman–Crippen MR) is 139 cm³/mol. The molecule has 3 N–H and O–H groups in total. The Morgan fingerprint density at radius 1 is 1.06 bits per heavy atom. The van der Waals surface area contributed by atoms with Crippen molar-refractivity contribution in [3.05, 3.63) is 94.6 Å². The summed E-state index contributed by atoms with van der Waals surface area (Å²) in [5, 5.41) is 8.52. The molecule has 1 heterocycles. The Morgan fingerprint density at radius 3 is 2.54 bits per heavy atom. The summed E-state index contributed by atoms with van der Waals surface area (Å²) in [6.45, 7) is 5.36. The first-order valence-corrected chi connectivity index (χ1v) is 11.4. The summed E-state index contributed by atoms with van der Waals surface area (Å²) in [7, 11) is 0. The molecule has 3 aromatic carbocycles. The first-order valence-electron chi connectivity index (χ1n) is 11.1. The number of benzene rings is 3. The van der Waals surface area contributed by atoms with Crippen molar-refractivity contribution < 1.29 is 14.3 Å². The Hall–Kier alpha value is -4.10. The molecule has 8 heteroatoms. The van der Waals surface area contributed by atoms with Crippen LogP contribution in [-0.4, -0.2) is 28.6 Å². The number of fused-ring (bicyclic) bond motifs is 1. The quantitative estimate of drug-likeness (QED) is 0.230. The molecule has 178 valence electrons. The fraction of sp³-hybridized carbons (Fsp3) is 0.148. The van der Waals surface area contributed by atoms with Crippen molar-refractivity contribution in [1.29, 1.82) is 0 Å². The zero-order valence-electron chi connectivity index (χ0n) is 19.6.